The summed E-state index contributed by atoms with van der Waals surface area (Å²) in [6.07, 6.45) is 1.96. The Morgan fingerprint density at radius 1 is 1.27 bits per heavy atom. The number of aromatic nitrogens is 2. The van der Waals surface area contributed by atoms with Crippen LogP contribution >= 0.6 is 11.8 Å². The van der Waals surface area contributed by atoms with E-state index in [2.05, 4.69) is 4.98 Å². The molecule has 0 aliphatic carbocycles. The molecular formula is C20H21N3O2S. The summed E-state index contributed by atoms with van der Waals surface area (Å²) in [6, 6.07) is 14.0. The molecule has 0 fully saturated rings. The van der Waals surface area contributed by atoms with E-state index in [0.717, 1.165) is 47.0 Å². The van der Waals surface area contributed by atoms with Gasteiger partial charge in [-0.15, -0.1) is 0 Å². The molecule has 26 heavy (non-hydrogen) atoms. The van der Waals surface area contributed by atoms with Gasteiger partial charge in [-0.3, -0.25) is 4.79 Å². The lowest BCUT2D eigenvalue weighted by Crippen LogP contribution is -2.36. The minimum Gasteiger partial charge on any atom is -0.497 e. The van der Waals surface area contributed by atoms with Gasteiger partial charge in [0.05, 0.1) is 23.9 Å². The van der Waals surface area contributed by atoms with Crippen LogP contribution in [0.25, 0.3) is 11.0 Å². The van der Waals surface area contributed by atoms with Crippen LogP contribution in [0.1, 0.15) is 12.0 Å². The molecule has 1 aliphatic heterocycles. The molecule has 0 unspecified atom stereocenters. The normalized spacial score (nSPS) is 13.7. The Balaban J connectivity index is 1.51. The van der Waals surface area contributed by atoms with Gasteiger partial charge < -0.3 is 14.2 Å². The quantitative estimate of drug-likeness (QED) is 0.661. The SMILES string of the molecule is COc1ccc2c(c1)CCCN2C(=O)CSc1nc2ccccc2n1C. The number of methoxy groups -OCH3 is 1. The molecular weight excluding hydrogens is 346 g/mol. The molecule has 5 nitrogen and oxygen atoms in total. The van der Waals surface area contributed by atoms with E-state index in [1.165, 1.54) is 17.3 Å². The number of nitrogens with zero attached hydrogens (tertiary/aromatic N) is 3. The number of imidazole rings is 1. The van der Waals surface area contributed by atoms with Crippen LogP contribution in [0.5, 0.6) is 5.75 Å². The van der Waals surface area contributed by atoms with Crippen LogP contribution in [0.2, 0.25) is 0 Å². The zero-order valence-corrected chi connectivity index (χ0v) is 15.8. The van der Waals surface area contributed by atoms with Crippen molar-refractivity contribution >= 4 is 34.4 Å². The summed E-state index contributed by atoms with van der Waals surface area (Å²) in [7, 11) is 3.66. The van der Waals surface area contributed by atoms with Gasteiger partial charge >= 0.3 is 0 Å². The van der Waals surface area contributed by atoms with Gasteiger partial charge in [0.1, 0.15) is 5.75 Å². The van der Waals surface area contributed by atoms with E-state index < -0.39 is 0 Å². The largest absolute Gasteiger partial charge is 0.497 e. The van der Waals surface area contributed by atoms with Crippen LogP contribution < -0.4 is 9.64 Å². The van der Waals surface area contributed by atoms with Gasteiger partial charge in [0.25, 0.3) is 0 Å². The number of fused-ring (bicyclic) bond motifs is 2. The van der Waals surface area contributed by atoms with Crippen molar-refractivity contribution in [3.8, 4) is 5.75 Å². The van der Waals surface area contributed by atoms with Crippen molar-refractivity contribution < 1.29 is 9.53 Å². The summed E-state index contributed by atoms with van der Waals surface area (Å²) in [5.41, 5.74) is 4.22. The van der Waals surface area contributed by atoms with Crippen LogP contribution in [0.4, 0.5) is 5.69 Å². The number of aryl methyl sites for hydroxylation is 2. The highest BCUT2D eigenvalue weighted by atomic mass is 32.2. The monoisotopic (exact) mass is 367 g/mol. The van der Waals surface area contributed by atoms with Gasteiger partial charge in [0.2, 0.25) is 5.91 Å². The minimum absolute atomic E-state index is 0.119. The summed E-state index contributed by atoms with van der Waals surface area (Å²) in [5.74, 6) is 1.34. The van der Waals surface area contributed by atoms with Crippen LogP contribution in [0.3, 0.4) is 0 Å². The van der Waals surface area contributed by atoms with Gasteiger partial charge in [-0.05, 0) is 48.7 Å². The molecule has 4 rings (SSSR count). The number of carbonyl (C=O) groups excluding carboxylic acids is 1. The Morgan fingerprint density at radius 3 is 2.92 bits per heavy atom. The highest BCUT2D eigenvalue weighted by Crippen LogP contribution is 2.31. The van der Waals surface area contributed by atoms with Crippen molar-refractivity contribution in [1.82, 2.24) is 9.55 Å². The number of hydrogen-bond acceptors (Lipinski definition) is 4. The molecule has 0 saturated heterocycles. The van der Waals surface area contributed by atoms with E-state index in [-0.39, 0.29) is 5.91 Å². The maximum absolute atomic E-state index is 12.9. The molecule has 134 valence electrons. The number of para-hydroxylation sites is 2. The third-order valence-electron chi connectivity index (χ3n) is 4.78. The lowest BCUT2D eigenvalue weighted by molar-refractivity contribution is -0.116. The fourth-order valence-corrected chi connectivity index (χ4v) is 4.28. The van der Waals surface area contributed by atoms with Crippen LogP contribution in [-0.4, -0.2) is 34.9 Å². The Bertz CT molecular complexity index is 967. The van der Waals surface area contributed by atoms with Gasteiger partial charge in [-0.25, -0.2) is 4.98 Å². The molecule has 3 aromatic rings. The first-order valence-electron chi connectivity index (χ1n) is 8.69. The first-order chi connectivity index (χ1) is 12.7. The summed E-state index contributed by atoms with van der Waals surface area (Å²) < 4.78 is 7.35. The van der Waals surface area contributed by atoms with E-state index in [1.807, 2.05) is 59.0 Å². The summed E-state index contributed by atoms with van der Waals surface area (Å²) in [4.78, 5) is 19.4. The van der Waals surface area contributed by atoms with E-state index in [4.69, 9.17) is 4.74 Å². The number of amides is 1. The lowest BCUT2D eigenvalue weighted by atomic mass is 10.0. The Morgan fingerprint density at radius 2 is 2.12 bits per heavy atom. The van der Waals surface area contributed by atoms with Crippen molar-refractivity contribution in [3.63, 3.8) is 0 Å². The van der Waals surface area contributed by atoms with Gasteiger partial charge in [-0.1, -0.05) is 23.9 Å². The van der Waals surface area contributed by atoms with Crippen molar-refractivity contribution in [2.45, 2.75) is 18.0 Å². The van der Waals surface area contributed by atoms with Crippen LogP contribution in [0, 0.1) is 0 Å². The highest BCUT2D eigenvalue weighted by molar-refractivity contribution is 7.99. The average molecular weight is 367 g/mol. The summed E-state index contributed by atoms with van der Waals surface area (Å²) >= 11 is 1.49. The predicted molar refractivity (Wildman–Crippen MR) is 105 cm³/mol. The molecule has 6 heteroatoms. The Hall–Kier alpha value is -2.47. The zero-order valence-electron chi connectivity index (χ0n) is 14.9. The predicted octanol–water partition coefficient (Wildman–Crippen LogP) is 3.65. The molecule has 2 heterocycles. The first kappa shape index (κ1) is 17.0. The van der Waals surface area contributed by atoms with Gasteiger partial charge in [-0.2, -0.15) is 0 Å². The number of thioether (sulfide) groups is 1. The van der Waals surface area contributed by atoms with E-state index in [0.29, 0.717) is 5.75 Å². The number of anilines is 1. The molecule has 0 spiro atoms. The van der Waals surface area contributed by atoms with Crippen molar-refractivity contribution in [2.24, 2.45) is 7.05 Å². The van der Waals surface area contributed by atoms with Crippen LogP contribution in [-0.2, 0) is 18.3 Å². The molecule has 2 aromatic carbocycles. The van der Waals surface area contributed by atoms with Crippen molar-refractivity contribution in [3.05, 3.63) is 48.0 Å². The average Bonchev–Trinajstić information content (AvgIpc) is 3.01. The molecule has 0 bridgehead atoms. The fourth-order valence-electron chi connectivity index (χ4n) is 3.42. The zero-order chi connectivity index (χ0) is 18.1. The third kappa shape index (κ3) is 3.05. The molecule has 0 radical (unpaired) electrons. The minimum atomic E-state index is 0.119. The molecule has 1 aliphatic rings. The fraction of sp³-hybridized carbons (Fsp3) is 0.300. The Kier molecular flexibility index (Phi) is 4.59. The molecule has 0 saturated carbocycles. The Labute approximate surface area is 157 Å². The standard InChI is InChI=1S/C20H21N3O2S/c1-22-18-8-4-3-7-16(18)21-20(22)26-13-19(24)23-11-5-6-14-12-15(25-2)9-10-17(14)23/h3-4,7-10,12H,5-6,11,13H2,1-2H3. The second kappa shape index (κ2) is 7.03. The molecule has 1 aromatic heterocycles. The number of ether oxygens (including phenoxy) is 1. The second-order valence-electron chi connectivity index (χ2n) is 6.37. The van der Waals surface area contributed by atoms with Crippen molar-refractivity contribution in [2.75, 3.05) is 24.3 Å². The smallest absolute Gasteiger partial charge is 0.237 e. The van der Waals surface area contributed by atoms with Gasteiger partial charge in [0, 0.05) is 19.3 Å². The van der Waals surface area contributed by atoms with Crippen LogP contribution in [0.15, 0.2) is 47.6 Å². The topological polar surface area (TPSA) is 47.4 Å². The number of rotatable bonds is 4. The van der Waals surface area contributed by atoms with Crippen molar-refractivity contribution in [1.29, 1.82) is 0 Å². The lowest BCUT2D eigenvalue weighted by Gasteiger charge is -2.29. The molecule has 0 atom stereocenters. The number of hydrogen-bond donors (Lipinski definition) is 0. The summed E-state index contributed by atoms with van der Waals surface area (Å²) in [6.45, 7) is 0.765. The second-order valence-corrected chi connectivity index (χ2v) is 7.32. The highest BCUT2D eigenvalue weighted by Gasteiger charge is 2.23. The molecule has 1 amide bonds. The van der Waals surface area contributed by atoms with Gasteiger partial charge in [0.15, 0.2) is 5.16 Å². The van der Waals surface area contributed by atoms with E-state index in [1.54, 1.807) is 7.11 Å². The first-order valence-corrected chi connectivity index (χ1v) is 9.67. The van der Waals surface area contributed by atoms with E-state index >= 15 is 0 Å². The number of carbonyl (C=O) groups is 1. The molecule has 0 N–H and O–H groups in total. The maximum atomic E-state index is 12.9. The van der Waals surface area contributed by atoms with E-state index in [9.17, 15) is 4.79 Å². The summed E-state index contributed by atoms with van der Waals surface area (Å²) in [5, 5.41) is 0.867. The third-order valence-corrected chi connectivity index (χ3v) is 5.79. The maximum Gasteiger partial charge on any atom is 0.237 e. The number of benzene rings is 2.